The number of anilines is 1. The van der Waals surface area contributed by atoms with Gasteiger partial charge in [-0.25, -0.2) is 4.98 Å². The van der Waals surface area contributed by atoms with E-state index in [4.69, 9.17) is 4.74 Å². The number of ether oxygens (including phenoxy) is 1. The number of aromatic amines is 1. The van der Waals surface area contributed by atoms with Crippen molar-refractivity contribution in [1.29, 1.82) is 0 Å². The molecule has 1 fully saturated rings. The van der Waals surface area contributed by atoms with Crippen molar-refractivity contribution in [2.75, 3.05) is 31.2 Å². The SMILES string of the molecule is Cc1nc(N2CCOCC2)n2nc[nH]c(=O)c12. The predicted molar refractivity (Wildman–Crippen MR) is 61.4 cm³/mol. The lowest BCUT2D eigenvalue weighted by molar-refractivity contribution is 0.122. The Morgan fingerprint density at radius 3 is 2.94 bits per heavy atom. The summed E-state index contributed by atoms with van der Waals surface area (Å²) >= 11 is 0. The first-order chi connectivity index (χ1) is 8.27. The molecule has 0 aliphatic carbocycles. The monoisotopic (exact) mass is 235 g/mol. The van der Waals surface area contributed by atoms with Crippen molar-refractivity contribution in [3.8, 4) is 0 Å². The van der Waals surface area contributed by atoms with E-state index in [9.17, 15) is 4.79 Å². The molecular formula is C10H13N5O2. The van der Waals surface area contributed by atoms with E-state index in [1.807, 2.05) is 6.92 Å². The number of hydrogen-bond acceptors (Lipinski definition) is 5. The molecule has 3 heterocycles. The Morgan fingerprint density at radius 2 is 2.18 bits per heavy atom. The van der Waals surface area contributed by atoms with Gasteiger partial charge < -0.3 is 14.6 Å². The quantitative estimate of drug-likeness (QED) is 0.725. The lowest BCUT2D eigenvalue weighted by atomic mass is 10.4. The van der Waals surface area contributed by atoms with Crippen molar-refractivity contribution in [1.82, 2.24) is 19.6 Å². The van der Waals surface area contributed by atoms with Gasteiger partial charge in [-0.3, -0.25) is 4.79 Å². The average molecular weight is 235 g/mol. The summed E-state index contributed by atoms with van der Waals surface area (Å²) in [7, 11) is 0. The highest BCUT2D eigenvalue weighted by Crippen LogP contribution is 2.16. The molecule has 1 saturated heterocycles. The highest BCUT2D eigenvalue weighted by molar-refractivity contribution is 5.55. The van der Waals surface area contributed by atoms with Crippen LogP contribution in [0.15, 0.2) is 11.1 Å². The molecule has 1 N–H and O–H groups in total. The van der Waals surface area contributed by atoms with Crippen LogP contribution < -0.4 is 10.5 Å². The van der Waals surface area contributed by atoms with Crippen molar-refractivity contribution >= 4 is 11.5 Å². The first kappa shape index (κ1) is 10.3. The molecule has 0 atom stereocenters. The van der Waals surface area contributed by atoms with Crippen LogP contribution in [0.2, 0.25) is 0 Å². The highest BCUT2D eigenvalue weighted by atomic mass is 16.5. The van der Waals surface area contributed by atoms with Gasteiger partial charge in [0.15, 0.2) is 5.52 Å². The summed E-state index contributed by atoms with van der Waals surface area (Å²) in [4.78, 5) is 20.8. The largest absolute Gasteiger partial charge is 0.378 e. The number of nitrogens with one attached hydrogen (secondary N) is 1. The fourth-order valence-corrected chi connectivity index (χ4v) is 2.06. The Hall–Kier alpha value is -1.89. The molecule has 7 nitrogen and oxygen atoms in total. The molecule has 0 radical (unpaired) electrons. The van der Waals surface area contributed by atoms with E-state index in [1.54, 1.807) is 4.52 Å². The summed E-state index contributed by atoms with van der Waals surface area (Å²) in [6.45, 7) is 4.71. The second kappa shape index (κ2) is 3.85. The summed E-state index contributed by atoms with van der Waals surface area (Å²) in [5.41, 5.74) is 1.04. The van der Waals surface area contributed by atoms with Crippen LogP contribution in [-0.2, 0) is 4.74 Å². The minimum atomic E-state index is -0.162. The van der Waals surface area contributed by atoms with Crippen molar-refractivity contribution in [3.63, 3.8) is 0 Å². The van der Waals surface area contributed by atoms with Crippen molar-refractivity contribution in [3.05, 3.63) is 22.4 Å². The van der Waals surface area contributed by atoms with Crippen LogP contribution in [0.4, 0.5) is 5.95 Å². The normalized spacial score (nSPS) is 16.6. The smallest absolute Gasteiger partial charge is 0.277 e. The zero-order valence-electron chi connectivity index (χ0n) is 9.51. The van der Waals surface area contributed by atoms with E-state index in [0.717, 1.165) is 13.1 Å². The van der Waals surface area contributed by atoms with Crippen LogP contribution in [0.25, 0.3) is 5.52 Å². The minimum absolute atomic E-state index is 0.162. The number of fused-ring (bicyclic) bond motifs is 1. The van der Waals surface area contributed by atoms with E-state index in [2.05, 4.69) is 20.0 Å². The molecule has 3 rings (SSSR count). The summed E-state index contributed by atoms with van der Waals surface area (Å²) in [5.74, 6) is 0.715. The second-order valence-corrected chi connectivity index (χ2v) is 3.98. The van der Waals surface area contributed by atoms with Gasteiger partial charge in [0.2, 0.25) is 5.95 Å². The molecule has 2 aromatic rings. The number of aryl methyl sites for hydroxylation is 1. The fraction of sp³-hybridized carbons (Fsp3) is 0.500. The van der Waals surface area contributed by atoms with Gasteiger partial charge in [-0.15, -0.1) is 0 Å². The first-order valence-corrected chi connectivity index (χ1v) is 5.53. The maximum atomic E-state index is 11.7. The number of H-pyrrole nitrogens is 1. The summed E-state index contributed by atoms with van der Waals surface area (Å²) in [6, 6.07) is 0. The Labute approximate surface area is 97.0 Å². The molecule has 0 bridgehead atoms. The van der Waals surface area contributed by atoms with Gasteiger partial charge in [0.1, 0.15) is 6.33 Å². The maximum Gasteiger partial charge on any atom is 0.277 e. The van der Waals surface area contributed by atoms with Crippen LogP contribution in [0.5, 0.6) is 0 Å². The topological polar surface area (TPSA) is 75.5 Å². The molecule has 0 saturated carbocycles. The molecule has 0 unspecified atom stereocenters. The van der Waals surface area contributed by atoms with Gasteiger partial charge in [0, 0.05) is 13.1 Å². The number of aromatic nitrogens is 4. The van der Waals surface area contributed by atoms with Crippen LogP contribution in [0.1, 0.15) is 5.69 Å². The van der Waals surface area contributed by atoms with Gasteiger partial charge in [-0.2, -0.15) is 9.61 Å². The van der Waals surface area contributed by atoms with E-state index in [-0.39, 0.29) is 5.56 Å². The molecule has 0 amide bonds. The summed E-state index contributed by atoms with van der Waals surface area (Å²) in [6.07, 6.45) is 1.39. The average Bonchev–Trinajstić information content (AvgIpc) is 2.69. The van der Waals surface area contributed by atoms with Gasteiger partial charge in [0.05, 0.1) is 18.9 Å². The van der Waals surface area contributed by atoms with Crippen molar-refractivity contribution < 1.29 is 4.74 Å². The van der Waals surface area contributed by atoms with E-state index in [0.29, 0.717) is 30.4 Å². The number of imidazole rings is 1. The fourth-order valence-electron chi connectivity index (χ4n) is 2.06. The van der Waals surface area contributed by atoms with Crippen molar-refractivity contribution in [2.24, 2.45) is 0 Å². The molecule has 0 spiro atoms. The third kappa shape index (κ3) is 1.59. The Morgan fingerprint density at radius 1 is 1.41 bits per heavy atom. The zero-order valence-corrected chi connectivity index (χ0v) is 9.51. The van der Waals surface area contributed by atoms with Crippen LogP contribution in [0, 0.1) is 6.92 Å². The predicted octanol–water partition coefficient (Wildman–Crippen LogP) is -0.437. The molecule has 17 heavy (non-hydrogen) atoms. The van der Waals surface area contributed by atoms with Gasteiger partial charge in [0.25, 0.3) is 5.56 Å². The van der Waals surface area contributed by atoms with Crippen LogP contribution in [0.3, 0.4) is 0 Å². The summed E-state index contributed by atoms with van der Waals surface area (Å²) < 4.78 is 6.89. The van der Waals surface area contributed by atoms with E-state index >= 15 is 0 Å². The van der Waals surface area contributed by atoms with Crippen LogP contribution >= 0.6 is 0 Å². The lowest BCUT2D eigenvalue weighted by Gasteiger charge is -2.26. The standard InChI is InChI=1S/C10H13N5O2/c1-7-8-9(16)11-6-12-15(8)10(13-7)14-2-4-17-5-3-14/h6H,2-5H2,1H3,(H,11,12,16). The van der Waals surface area contributed by atoms with E-state index < -0.39 is 0 Å². The molecular weight excluding hydrogens is 222 g/mol. The minimum Gasteiger partial charge on any atom is -0.378 e. The molecule has 1 aliphatic heterocycles. The van der Waals surface area contributed by atoms with E-state index in [1.165, 1.54) is 6.33 Å². The molecule has 1 aliphatic rings. The first-order valence-electron chi connectivity index (χ1n) is 5.53. The number of rotatable bonds is 1. The molecule has 90 valence electrons. The third-order valence-corrected chi connectivity index (χ3v) is 2.89. The Bertz CT molecular complexity index is 596. The number of nitrogens with zero attached hydrogens (tertiary/aromatic N) is 4. The number of hydrogen-bond donors (Lipinski definition) is 1. The van der Waals surface area contributed by atoms with Crippen LogP contribution in [-0.4, -0.2) is 45.9 Å². The summed E-state index contributed by atoms with van der Waals surface area (Å²) in [5, 5.41) is 4.15. The van der Waals surface area contributed by atoms with Crippen molar-refractivity contribution in [2.45, 2.75) is 6.92 Å². The third-order valence-electron chi connectivity index (χ3n) is 2.89. The second-order valence-electron chi connectivity index (χ2n) is 3.98. The number of morpholine rings is 1. The molecule has 7 heteroatoms. The van der Waals surface area contributed by atoms with Gasteiger partial charge in [-0.1, -0.05) is 0 Å². The lowest BCUT2D eigenvalue weighted by Crippen LogP contribution is -2.37. The maximum absolute atomic E-state index is 11.7. The Kier molecular flexibility index (Phi) is 2.32. The highest BCUT2D eigenvalue weighted by Gasteiger charge is 2.19. The zero-order chi connectivity index (χ0) is 11.8. The molecule has 2 aromatic heterocycles. The van der Waals surface area contributed by atoms with Gasteiger partial charge >= 0.3 is 0 Å². The molecule has 0 aromatic carbocycles. The Balaban J connectivity index is 2.17. The van der Waals surface area contributed by atoms with Gasteiger partial charge in [-0.05, 0) is 6.92 Å².